The monoisotopic (exact) mass is 514 g/mol. The minimum absolute atomic E-state index is 0.00197. The Morgan fingerprint density at radius 3 is 2.44 bits per heavy atom. The molecule has 1 saturated heterocycles. The molecule has 0 radical (unpaired) electrons. The fourth-order valence-corrected chi connectivity index (χ4v) is 5.53. The van der Waals surface area contributed by atoms with Gasteiger partial charge < -0.3 is 14.7 Å². The fourth-order valence-electron chi connectivity index (χ4n) is 4.35. The van der Waals surface area contributed by atoms with Gasteiger partial charge in [-0.25, -0.2) is 18.2 Å². The predicted octanol–water partition coefficient (Wildman–Crippen LogP) is 2.61. The van der Waals surface area contributed by atoms with E-state index in [1.165, 1.54) is 0 Å². The van der Waals surface area contributed by atoms with E-state index >= 15 is 0 Å². The van der Waals surface area contributed by atoms with Crippen molar-refractivity contribution in [2.24, 2.45) is 5.92 Å². The second kappa shape index (κ2) is 12.0. The van der Waals surface area contributed by atoms with Gasteiger partial charge in [-0.3, -0.25) is 9.52 Å². The number of aromatic carboxylic acids is 1. The molecule has 1 aliphatic rings. The van der Waals surface area contributed by atoms with Crippen LogP contribution in [0.2, 0.25) is 0 Å². The van der Waals surface area contributed by atoms with Crippen molar-refractivity contribution in [3.63, 3.8) is 0 Å². The van der Waals surface area contributed by atoms with E-state index in [2.05, 4.69) is 15.8 Å². The maximum absolute atomic E-state index is 12.7. The summed E-state index contributed by atoms with van der Waals surface area (Å²) in [4.78, 5) is 31.0. The molecule has 1 amide bonds. The first-order chi connectivity index (χ1) is 17.2. The lowest BCUT2D eigenvalue weighted by molar-refractivity contribution is -0.123. The number of carbonyl (C=O) groups excluding carboxylic acids is 1. The zero-order valence-electron chi connectivity index (χ0n) is 20.4. The number of nitrogens with zero attached hydrogens (tertiary/aromatic N) is 3. The van der Waals surface area contributed by atoms with Crippen molar-refractivity contribution >= 4 is 27.7 Å². The molecule has 1 aromatic carbocycles. The van der Waals surface area contributed by atoms with Crippen molar-refractivity contribution in [3.05, 3.63) is 58.3 Å². The van der Waals surface area contributed by atoms with E-state index in [1.807, 2.05) is 4.90 Å². The molecule has 0 saturated carbocycles. The first-order valence-corrected chi connectivity index (χ1v) is 13.5. The molecule has 11 heteroatoms. The lowest BCUT2D eigenvalue weighted by Gasteiger charge is -2.33. The number of anilines is 1. The second-order valence-electron chi connectivity index (χ2n) is 8.49. The highest BCUT2D eigenvalue weighted by Gasteiger charge is 2.31. The third-order valence-electron chi connectivity index (χ3n) is 6.10. The van der Waals surface area contributed by atoms with Crippen LogP contribution in [0.5, 0.6) is 0 Å². The van der Waals surface area contributed by atoms with Gasteiger partial charge in [-0.1, -0.05) is 37.3 Å². The van der Waals surface area contributed by atoms with Crippen LogP contribution in [-0.2, 0) is 38.3 Å². The Kier molecular flexibility index (Phi) is 9.01. The quantitative estimate of drug-likeness (QED) is 0.488. The van der Waals surface area contributed by atoms with Gasteiger partial charge in [0.05, 0.1) is 29.2 Å². The number of carbonyl (C=O) groups is 2. The number of carboxylic acid groups (broad SMARTS) is 1. The SMILES string of the molecule is CCOCc1nc(N2CCC(C(=O)NS(=O)(=O)Cc3ccccc3)CC2)c(C#N)c(CC)c1C(=O)O. The maximum atomic E-state index is 12.7. The molecular weight excluding hydrogens is 484 g/mol. The summed E-state index contributed by atoms with van der Waals surface area (Å²) >= 11 is 0. The summed E-state index contributed by atoms with van der Waals surface area (Å²) in [5, 5.41) is 19.6. The van der Waals surface area contributed by atoms with Crippen LogP contribution < -0.4 is 9.62 Å². The molecule has 2 N–H and O–H groups in total. The normalized spacial score (nSPS) is 14.3. The van der Waals surface area contributed by atoms with E-state index in [0.29, 0.717) is 55.9 Å². The highest BCUT2D eigenvalue weighted by atomic mass is 32.2. The van der Waals surface area contributed by atoms with Gasteiger partial charge in [0.1, 0.15) is 11.9 Å². The summed E-state index contributed by atoms with van der Waals surface area (Å²) in [6, 6.07) is 10.7. The Labute approximate surface area is 211 Å². The van der Waals surface area contributed by atoms with E-state index in [1.54, 1.807) is 44.2 Å². The lowest BCUT2D eigenvalue weighted by Crippen LogP contribution is -2.43. The van der Waals surface area contributed by atoms with Crippen molar-refractivity contribution in [1.82, 2.24) is 9.71 Å². The van der Waals surface area contributed by atoms with Gasteiger partial charge in [-0.15, -0.1) is 0 Å². The van der Waals surface area contributed by atoms with Gasteiger partial charge in [-0.05, 0) is 37.3 Å². The Morgan fingerprint density at radius 1 is 1.22 bits per heavy atom. The Morgan fingerprint density at radius 2 is 1.89 bits per heavy atom. The lowest BCUT2D eigenvalue weighted by atomic mass is 9.94. The van der Waals surface area contributed by atoms with Crippen molar-refractivity contribution in [1.29, 1.82) is 5.26 Å². The summed E-state index contributed by atoms with van der Waals surface area (Å²) in [6.45, 7) is 4.68. The van der Waals surface area contributed by atoms with Crippen molar-refractivity contribution in [2.75, 3.05) is 24.6 Å². The number of carboxylic acids is 1. The second-order valence-corrected chi connectivity index (χ2v) is 10.2. The van der Waals surface area contributed by atoms with E-state index < -0.39 is 27.8 Å². The van der Waals surface area contributed by atoms with Gasteiger partial charge in [-0.2, -0.15) is 5.26 Å². The first kappa shape index (κ1) is 27.1. The number of benzene rings is 1. The molecule has 10 nitrogen and oxygen atoms in total. The number of ether oxygens (including phenoxy) is 1. The predicted molar refractivity (Wildman–Crippen MR) is 133 cm³/mol. The molecule has 1 aromatic heterocycles. The van der Waals surface area contributed by atoms with E-state index in [9.17, 15) is 28.4 Å². The van der Waals surface area contributed by atoms with Crippen LogP contribution in [-0.4, -0.2) is 50.1 Å². The number of aromatic nitrogens is 1. The summed E-state index contributed by atoms with van der Waals surface area (Å²) in [7, 11) is -3.83. The summed E-state index contributed by atoms with van der Waals surface area (Å²) in [5.41, 5.74) is 1.42. The number of hydrogen-bond acceptors (Lipinski definition) is 8. The molecule has 0 spiro atoms. The number of nitriles is 1. The smallest absolute Gasteiger partial charge is 0.337 e. The van der Waals surface area contributed by atoms with E-state index in [0.717, 1.165) is 0 Å². The number of hydrogen-bond donors (Lipinski definition) is 2. The van der Waals surface area contributed by atoms with Crippen molar-refractivity contribution < 1.29 is 27.9 Å². The number of pyridine rings is 1. The highest BCUT2D eigenvalue weighted by Crippen LogP contribution is 2.31. The molecular formula is C25H30N4O6S. The minimum Gasteiger partial charge on any atom is -0.478 e. The third kappa shape index (κ3) is 6.38. The third-order valence-corrected chi connectivity index (χ3v) is 7.33. The molecule has 0 unspecified atom stereocenters. The van der Waals surface area contributed by atoms with Gasteiger partial charge in [0.15, 0.2) is 0 Å². The number of amides is 1. The Hall–Kier alpha value is -3.49. The summed E-state index contributed by atoms with van der Waals surface area (Å²) in [6.07, 6.45) is 1.06. The maximum Gasteiger partial charge on any atom is 0.337 e. The molecule has 2 heterocycles. The van der Waals surface area contributed by atoms with Gasteiger partial charge in [0.25, 0.3) is 0 Å². The van der Waals surface area contributed by atoms with E-state index in [-0.39, 0.29) is 29.2 Å². The van der Waals surface area contributed by atoms with Crippen molar-refractivity contribution in [2.45, 2.75) is 45.5 Å². The molecule has 0 aliphatic carbocycles. The first-order valence-electron chi connectivity index (χ1n) is 11.8. The van der Waals surface area contributed by atoms with Crippen molar-refractivity contribution in [3.8, 4) is 6.07 Å². The fraction of sp³-hybridized carbons (Fsp3) is 0.440. The molecule has 1 aliphatic heterocycles. The van der Waals surface area contributed by atoms with Crippen LogP contribution in [0.3, 0.4) is 0 Å². The molecule has 2 aromatic rings. The topological polar surface area (TPSA) is 150 Å². The van der Waals surface area contributed by atoms with Crippen LogP contribution in [0.15, 0.2) is 30.3 Å². The van der Waals surface area contributed by atoms with Gasteiger partial charge >= 0.3 is 5.97 Å². The molecule has 192 valence electrons. The zero-order chi connectivity index (χ0) is 26.3. The average molecular weight is 515 g/mol. The van der Waals surface area contributed by atoms with Crippen LogP contribution in [0.25, 0.3) is 0 Å². The van der Waals surface area contributed by atoms with Crippen LogP contribution in [0.1, 0.15) is 59.4 Å². The molecule has 0 bridgehead atoms. The molecule has 36 heavy (non-hydrogen) atoms. The highest BCUT2D eigenvalue weighted by molar-refractivity contribution is 7.89. The molecule has 0 atom stereocenters. The molecule has 3 rings (SSSR count). The number of piperidine rings is 1. The summed E-state index contributed by atoms with van der Waals surface area (Å²) < 4.78 is 32.5. The zero-order valence-corrected chi connectivity index (χ0v) is 21.2. The minimum atomic E-state index is -3.83. The molecule has 1 fully saturated rings. The number of sulfonamides is 1. The van der Waals surface area contributed by atoms with Gasteiger partial charge in [0.2, 0.25) is 15.9 Å². The van der Waals surface area contributed by atoms with E-state index in [4.69, 9.17) is 4.74 Å². The van der Waals surface area contributed by atoms with Crippen LogP contribution in [0, 0.1) is 17.2 Å². The van der Waals surface area contributed by atoms with Gasteiger partial charge in [0, 0.05) is 25.6 Å². The summed E-state index contributed by atoms with van der Waals surface area (Å²) in [5.74, 6) is -2.14. The van der Waals surface area contributed by atoms with Crippen LogP contribution in [0.4, 0.5) is 5.82 Å². The standard InChI is InChI=1S/C25H30N4O6S/c1-3-19-20(14-26)23(27-21(15-35-4-2)22(19)25(31)32)29-12-10-18(11-13-29)24(30)28-36(33,34)16-17-8-6-5-7-9-17/h5-9,18H,3-4,10-13,15-16H2,1-2H3,(H,28,30)(H,31,32). The van der Waals surface area contributed by atoms with Crippen LogP contribution >= 0.6 is 0 Å². The largest absolute Gasteiger partial charge is 0.478 e. The Balaban J connectivity index is 1.76. The average Bonchev–Trinajstić information content (AvgIpc) is 2.86. The Bertz CT molecular complexity index is 1250. The number of rotatable bonds is 10. The number of nitrogens with one attached hydrogen (secondary N) is 1.